The van der Waals surface area contributed by atoms with Gasteiger partial charge >= 0.3 is 0 Å². The van der Waals surface area contributed by atoms with Crippen LogP contribution in [-0.4, -0.2) is 152 Å². The van der Waals surface area contributed by atoms with E-state index in [0.717, 1.165) is 57.8 Å². The van der Waals surface area contributed by atoms with Crippen LogP contribution in [0, 0.1) is 56.1 Å². The summed E-state index contributed by atoms with van der Waals surface area (Å²) in [5.74, 6) is 0.269. The summed E-state index contributed by atoms with van der Waals surface area (Å²) < 4.78 is 52.1. The second-order valence-corrected chi connectivity index (χ2v) is 25.4. The van der Waals surface area contributed by atoms with Crippen LogP contribution in [0.2, 0.25) is 0 Å². The van der Waals surface area contributed by atoms with Gasteiger partial charge in [-0.2, -0.15) is 0 Å². The fraction of sp³-hybridized carbons (Fsp3) is 0.836. The second kappa shape index (κ2) is 19.7. The number of hydrogen-bond donors (Lipinski definition) is 9. The zero-order valence-corrected chi connectivity index (χ0v) is 43.7. The predicted molar refractivity (Wildman–Crippen MR) is 258 cm³/mol. The molecular formula is C55H84FNO15. The van der Waals surface area contributed by atoms with E-state index in [0.29, 0.717) is 17.9 Å². The van der Waals surface area contributed by atoms with Gasteiger partial charge in [0.05, 0.1) is 30.3 Å². The van der Waals surface area contributed by atoms with E-state index in [-0.39, 0.29) is 51.8 Å². The summed E-state index contributed by atoms with van der Waals surface area (Å²) in [4.78, 5) is 14.7. The lowest BCUT2D eigenvalue weighted by Gasteiger charge is -2.71. The van der Waals surface area contributed by atoms with Crippen LogP contribution in [0.1, 0.15) is 132 Å². The smallest absolute Gasteiger partial charge is 0.227 e. The standard InChI is InChI=1S/C55H84FNO15/c1-27-37(59)39(61)41(63)46(67-27)71-44-33(26-58)69-48(45(43(44)65)72-47-42(64)40(62)38(60)28(2)68-47)70-36-17-18-52(7)34(51(36,5)6)16-19-54(9)35(52)15-14-30-31-24-50(3,4)20-22-55(31,23-21-53(30,54)8)49(66)57-25-29-12-10-11-13-32(29)56/h10-14,27-28,31,33-48,58-65H,15-26H2,1-9H3,(H,57,66)/t27-,28-,31-,33+,34-,35+,36-,37-,38-,39+,40+,41+,42+,43-,44+,45+,46-,47-,48-,52-,53+,54+,55-/m0/s1. The molecule has 4 saturated carbocycles. The van der Waals surface area contributed by atoms with Gasteiger partial charge in [0.1, 0.15) is 66.9 Å². The molecule has 8 aliphatic rings. The topological polar surface area (TPSA) is 246 Å². The van der Waals surface area contributed by atoms with Crippen LogP contribution in [0.4, 0.5) is 4.39 Å². The first-order valence-electron chi connectivity index (χ1n) is 26.8. The number of allylic oxidation sites excluding steroid dienone is 2. The van der Waals surface area contributed by atoms with Gasteiger partial charge in [0, 0.05) is 12.1 Å². The summed E-state index contributed by atoms with van der Waals surface area (Å²) in [6.07, 6.45) is -11.5. The number of hydrogen-bond acceptors (Lipinski definition) is 15. The first-order chi connectivity index (χ1) is 33.7. The maximum absolute atomic E-state index is 14.8. The molecule has 1 aromatic carbocycles. The van der Waals surface area contributed by atoms with Crippen LogP contribution in [0.25, 0.3) is 0 Å². The predicted octanol–water partition coefficient (Wildman–Crippen LogP) is 4.13. The fourth-order valence-electron chi connectivity index (χ4n) is 16.0. The minimum absolute atomic E-state index is 0.0355. The highest BCUT2D eigenvalue weighted by molar-refractivity contribution is 5.84. The van der Waals surface area contributed by atoms with Crippen molar-refractivity contribution in [3.05, 3.63) is 47.3 Å². The zero-order valence-electron chi connectivity index (χ0n) is 43.7. The van der Waals surface area contributed by atoms with Gasteiger partial charge in [-0.25, -0.2) is 4.39 Å². The van der Waals surface area contributed by atoms with E-state index in [2.05, 4.69) is 59.9 Å². The molecule has 3 saturated heterocycles. The molecule has 3 aliphatic heterocycles. The van der Waals surface area contributed by atoms with Crippen molar-refractivity contribution in [3.63, 3.8) is 0 Å². The molecule has 0 bridgehead atoms. The summed E-state index contributed by atoms with van der Waals surface area (Å²) in [5, 5.41) is 90.3. The van der Waals surface area contributed by atoms with Crippen molar-refractivity contribution in [2.45, 2.75) is 231 Å². The number of amides is 1. The lowest BCUT2D eigenvalue weighted by Crippen LogP contribution is -2.68. The number of carbonyl (C=O) groups is 1. The van der Waals surface area contributed by atoms with E-state index in [4.69, 9.17) is 28.4 Å². The van der Waals surface area contributed by atoms with Crippen molar-refractivity contribution in [3.8, 4) is 0 Å². The highest BCUT2D eigenvalue weighted by Gasteiger charge is 2.70. The minimum Gasteiger partial charge on any atom is -0.394 e. The van der Waals surface area contributed by atoms with Gasteiger partial charge in [-0.3, -0.25) is 4.79 Å². The van der Waals surface area contributed by atoms with Crippen LogP contribution < -0.4 is 5.32 Å². The van der Waals surface area contributed by atoms with Crippen LogP contribution in [0.3, 0.4) is 0 Å². The molecule has 5 aliphatic carbocycles. The highest BCUT2D eigenvalue weighted by Crippen LogP contribution is 2.76. The Balaban J connectivity index is 0.973. The summed E-state index contributed by atoms with van der Waals surface area (Å²) in [6.45, 7) is 19.0. The number of rotatable bonds is 10. The average molecular weight is 1020 g/mol. The monoisotopic (exact) mass is 1020 g/mol. The molecule has 1 aromatic rings. The molecule has 17 heteroatoms. The molecule has 16 nitrogen and oxygen atoms in total. The minimum atomic E-state index is -1.75. The number of fused-ring (bicyclic) bond motifs is 7. The lowest BCUT2D eigenvalue weighted by molar-refractivity contribution is -0.393. The van der Waals surface area contributed by atoms with Crippen molar-refractivity contribution < 1.29 is 78.5 Å². The Morgan fingerprint density at radius 1 is 0.694 bits per heavy atom. The first-order valence-corrected chi connectivity index (χ1v) is 26.8. The Kier molecular flexibility index (Phi) is 14.9. The van der Waals surface area contributed by atoms with Gasteiger partial charge in [0.2, 0.25) is 5.91 Å². The van der Waals surface area contributed by atoms with Crippen LogP contribution in [0.5, 0.6) is 0 Å². The van der Waals surface area contributed by atoms with E-state index in [1.54, 1.807) is 18.2 Å². The molecule has 0 spiro atoms. The molecule has 23 atom stereocenters. The van der Waals surface area contributed by atoms with Gasteiger partial charge in [-0.05, 0) is 129 Å². The molecule has 1 amide bonds. The van der Waals surface area contributed by atoms with Crippen molar-refractivity contribution in [2.75, 3.05) is 6.61 Å². The molecule has 9 N–H and O–H groups in total. The number of nitrogens with one attached hydrogen (secondary N) is 1. The highest BCUT2D eigenvalue weighted by atomic mass is 19.1. The van der Waals surface area contributed by atoms with Gasteiger partial charge in [-0.15, -0.1) is 0 Å². The van der Waals surface area contributed by atoms with Crippen molar-refractivity contribution >= 4 is 5.91 Å². The van der Waals surface area contributed by atoms with Crippen molar-refractivity contribution in [1.82, 2.24) is 5.32 Å². The summed E-state index contributed by atoms with van der Waals surface area (Å²) in [6, 6.07) is 6.63. The molecule has 7 fully saturated rings. The number of carbonyl (C=O) groups excluding carboxylic acids is 1. The third kappa shape index (κ3) is 8.86. The van der Waals surface area contributed by atoms with Crippen molar-refractivity contribution in [2.24, 2.45) is 50.2 Å². The number of benzene rings is 1. The number of aliphatic hydroxyl groups is 8. The summed E-state index contributed by atoms with van der Waals surface area (Å²) >= 11 is 0. The maximum atomic E-state index is 14.8. The average Bonchev–Trinajstić information content (AvgIpc) is 3.33. The Hall–Kier alpha value is -2.20. The van der Waals surface area contributed by atoms with E-state index >= 15 is 0 Å². The van der Waals surface area contributed by atoms with E-state index in [9.17, 15) is 50.0 Å². The lowest BCUT2D eigenvalue weighted by atomic mass is 9.33. The third-order valence-corrected chi connectivity index (χ3v) is 20.7. The van der Waals surface area contributed by atoms with E-state index in [1.165, 1.54) is 25.5 Å². The Labute approximate surface area is 423 Å². The van der Waals surface area contributed by atoms with E-state index in [1.807, 2.05) is 0 Å². The number of ether oxygens (including phenoxy) is 6. The fourth-order valence-corrected chi connectivity index (χ4v) is 16.0. The molecular weight excluding hydrogens is 934 g/mol. The Morgan fingerprint density at radius 3 is 1.93 bits per heavy atom. The van der Waals surface area contributed by atoms with Crippen LogP contribution in [0.15, 0.2) is 35.9 Å². The molecule has 9 rings (SSSR count). The van der Waals surface area contributed by atoms with Crippen LogP contribution >= 0.6 is 0 Å². The largest absolute Gasteiger partial charge is 0.394 e. The van der Waals surface area contributed by atoms with Gasteiger partial charge in [0.25, 0.3) is 0 Å². The number of halogens is 1. The van der Waals surface area contributed by atoms with Gasteiger partial charge < -0.3 is 74.6 Å². The normalized spacial score (nSPS) is 49.8. The first kappa shape index (κ1) is 54.6. The molecule has 406 valence electrons. The van der Waals surface area contributed by atoms with Crippen molar-refractivity contribution in [1.29, 1.82) is 0 Å². The number of aliphatic hydroxyl groups excluding tert-OH is 8. The SMILES string of the molecule is C[C@@H]1O[C@@H](O[C@H]2[C@H](O[C@H]3CC[C@]4(C)[C@H]5CC=C6[C@@H]7CC(C)(C)CC[C@]7(C(=O)NCc7ccccc7F)CC[C@@]6(C)[C@]5(C)CC[C@H]4C3(C)C)O[C@H](CO)[C@@H](O[C@@H]3O[C@@H](C)[C@H](O)[C@@H](O)[C@H]3O)[C@@H]2O)[C@H](O)[C@H](O)[C@H]1O. The van der Waals surface area contributed by atoms with Gasteiger partial charge in [-0.1, -0.05) is 78.3 Å². The molecule has 0 aromatic heterocycles. The molecule has 0 radical (unpaired) electrons. The van der Waals surface area contributed by atoms with E-state index < -0.39 is 116 Å². The Bertz CT molecular complexity index is 2160. The zero-order chi connectivity index (χ0) is 52.2. The maximum Gasteiger partial charge on any atom is 0.227 e. The Morgan fingerprint density at radius 2 is 1.31 bits per heavy atom. The summed E-state index contributed by atoms with van der Waals surface area (Å²) in [7, 11) is 0. The summed E-state index contributed by atoms with van der Waals surface area (Å²) in [5.41, 5.74) is 0.549. The molecule has 3 heterocycles. The van der Waals surface area contributed by atoms with Gasteiger partial charge in [0.15, 0.2) is 18.9 Å². The second-order valence-electron chi connectivity index (χ2n) is 25.4. The quantitative estimate of drug-likeness (QED) is 0.118. The van der Waals surface area contributed by atoms with Crippen LogP contribution in [-0.2, 0) is 39.8 Å². The molecule has 0 unspecified atom stereocenters. The molecule has 72 heavy (non-hydrogen) atoms. The third-order valence-electron chi connectivity index (χ3n) is 20.7.